The first kappa shape index (κ1) is 16.5. The number of carbonyl (C=O) groups is 2. The molecule has 24 heavy (non-hydrogen) atoms. The third-order valence-electron chi connectivity index (χ3n) is 3.64. The van der Waals surface area contributed by atoms with Crippen LogP contribution in [0.5, 0.6) is 5.75 Å². The summed E-state index contributed by atoms with van der Waals surface area (Å²) in [5, 5.41) is 11.1. The zero-order valence-electron chi connectivity index (χ0n) is 13.1. The van der Waals surface area contributed by atoms with Crippen LogP contribution in [-0.2, 0) is 9.59 Å². The van der Waals surface area contributed by atoms with E-state index in [1.165, 1.54) is 11.8 Å². The summed E-state index contributed by atoms with van der Waals surface area (Å²) in [6.07, 6.45) is 3.16. The average molecular weight is 346 g/mol. The Bertz CT molecular complexity index is 690. The first-order valence-corrected chi connectivity index (χ1v) is 8.74. The Morgan fingerprint density at radius 3 is 2.96 bits per heavy atom. The number of nitrogens with zero attached hydrogens (tertiary/aromatic N) is 3. The van der Waals surface area contributed by atoms with Gasteiger partial charge in [-0.1, -0.05) is 23.9 Å². The zero-order valence-corrected chi connectivity index (χ0v) is 13.9. The van der Waals surface area contributed by atoms with Gasteiger partial charge in [0.1, 0.15) is 12.4 Å². The predicted octanol–water partition coefficient (Wildman–Crippen LogP) is 1.24. The average Bonchev–Trinajstić information content (AvgIpc) is 3.18. The van der Waals surface area contributed by atoms with Crippen LogP contribution in [-0.4, -0.2) is 53.5 Å². The van der Waals surface area contributed by atoms with Crippen LogP contribution in [0.1, 0.15) is 18.4 Å². The first-order chi connectivity index (χ1) is 11.7. The Kier molecular flexibility index (Phi) is 5.47. The fraction of sp³-hybridized carbons (Fsp3) is 0.375. The van der Waals surface area contributed by atoms with Crippen molar-refractivity contribution >= 4 is 35.0 Å². The number of rotatable bonds is 6. The maximum absolute atomic E-state index is 11.6. The van der Waals surface area contributed by atoms with Gasteiger partial charge < -0.3 is 15.0 Å². The number of benzene rings is 1. The van der Waals surface area contributed by atoms with Gasteiger partial charge in [0, 0.05) is 18.5 Å². The minimum atomic E-state index is -0.0610. The summed E-state index contributed by atoms with van der Waals surface area (Å²) in [6, 6.07) is 7.50. The normalized spacial score (nSPS) is 19.5. The molecule has 1 aromatic rings. The molecule has 0 saturated carbocycles. The highest BCUT2D eigenvalue weighted by atomic mass is 32.2. The zero-order chi connectivity index (χ0) is 16.8. The molecule has 2 fully saturated rings. The molecule has 8 heteroatoms. The van der Waals surface area contributed by atoms with Gasteiger partial charge in [-0.3, -0.25) is 9.59 Å². The molecule has 0 spiro atoms. The maximum atomic E-state index is 11.6. The molecule has 2 saturated heterocycles. The monoisotopic (exact) mass is 346 g/mol. The number of likely N-dealkylation sites (tertiary alicyclic amines) is 1. The second kappa shape index (κ2) is 7.96. The molecule has 1 aromatic carbocycles. The lowest BCUT2D eigenvalue weighted by molar-refractivity contribution is -0.128. The second-order valence-electron chi connectivity index (χ2n) is 5.36. The lowest BCUT2D eigenvalue weighted by atomic mass is 10.2. The number of nitrogens with one attached hydrogen (secondary N) is 1. The molecule has 126 valence electrons. The number of ether oxygens (including phenoxy) is 1. The van der Waals surface area contributed by atoms with Crippen LogP contribution in [0, 0.1) is 0 Å². The molecule has 0 unspecified atom stereocenters. The largest absolute Gasteiger partial charge is 0.491 e. The summed E-state index contributed by atoms with van der Waals surface area (Å²) in [5.41, 5.74) is 0.795. The summed E-state index contributed by atoms with van der Waals surface area (Å²) in [7, 11) is 0. The van der Waals surface area contributed by atoms with Gasteiger partial charge in [-0.2, -0.15) is 5.10 Å². The third-order valence-corrected chi connectivity index (χ3v) is 4.50. The fourth-order valence-corrected chi connectivity index (χ4v) is 3.08. The molecule has 7 nitrogen and oxygen atoms in total. The Morgan fingerprint density at radius 1 is 1.33 bits per heavy atom. The lowest BCUT2D eigenvalue weighted by Gasteiger charge is -2.16. The van der Waals surface area contributed by atoms with Gasteiger partial charge in [-0.05, 0) is 18.6 Å². The number of amidine groups is 1. The Morgan fingerprint density at radius 2 is 2.21 bits per heavy atom. The number of para-hydroxylation sites is 1. The highest BCUT2D eigenvalue weighted by Gasteiger charge is 2.19. The SMILES string of the molecule is O=C1CSC(=NN=Cc2ccccc2OCCN2CCCC2=O)N1. The molecule has 0 atom stereocenters. The van der Waals surface area contributed by atoms with Crippen LogP contribution in [0.3, 0.4) is 0 Å². The van der Waals surface area contributed by atoms with Gasteiger partial charge in [0.15, 0.2) is 5.17 Å². The predicted molar refractivity (Wildman–Crippen MR) is 93.4 cm³/mol. The Balaban J connectivity index is 1.56. The van der Waals surface area contributed by atoms with Gasteiger partial charge in [-0.25, -0.2) is 0 Å². The van der Waals surface area contributed by atoms with Crippen molar-refractivity contribution in [2.24, 2.45) is 10.2 Å². The van der Waals surface area contributed by atoms with Crippen molar-refractivity contribution < 1.29 is 14.3 Å². The van der Waals surface area contributed by atoms with E-state index in [-0.39, 0.29) is 11.8 Å². The number of thioether (sulfide) groups is 1. The van der Waals surface area contributed by atoms with Crippen LogP contribution in [0.2, 0.25) is 0 Å². The Hall–Kier alpha value is -2.35. The van der Waals surface area contributed by atoms with Crippen LogP contribution in [0.25, 0.3) is 0 Å². The van der Waals surface area contributed by atoms with Gasteiger partial charge in [-0.15, -0.1) is 5.10 Å². The quantitative estimate of drug-likeness (QED) is 0.620. The molecule has 1 N–H and O–H groups in total. The van der Waals surface area contributed by atoms with E-state index in [1.54, 1.807) is 6.21 Å². The summed E-state index contributed by atoms with van der Waals surface area (Å²) in [5.74, 6) is 1.20. The topological polar surface area (TPSA) is 83.4 Å². The minimum absolute atomic E-state index is 0.0610. The molecule has 0 aliphatic carbocycles. The van der Waals surface area contributed by atoms with E-state index >= 15 is 0 Å². The molecule has 2 heterocycles. The van der Waals surface area contributed by atoms with E-state index in [2.05, 4.69) is 15.5 Å². The minimum Gasteiger partial charge on any atom is -0.491 e. The van der Waals surface area contributed by atoms with E-state index in [1.807, 2.05) is 29.2 Å². The number of hydrogen-bond acceptors (Lipinski definition) is 6. The summed E-state index contributed by atoms with van der Waals surface area (Å²) >= 11 is 1.32. The number of hydrogen-bond donors (Lipinski definition) is 1. The summed E-state index contributed by atoms with van der Waals surface area (Å²) < 4.78 is 5.78. The highest BCUT2D eigenvalue weighted by molar-refractivity contribution is 8.15. The molecular weight excluding hydrogens is 328 g/mol. The van der Waals surface area contributed by atoms with E-state index < -0.39 is 0 Å². The summed E-state index contributed by atoms with van der Waals surface area (Å²) in [6.45, 7) is 1.85. The number of carbonyl (C=O) groups excluding carboxylic acids is 2. The second-order valence-corrected chi connectivity index (χ2v) is 6.32. The highest BCUT2D eigenvalue weighted by Crippen LogP contribution is 2.17. The van der Waals surface area contributed by atoms with E-state index in [9.17, 15) is 9.59 Å². The molecule has 0 aromatic heterocycles. The van der Waals surface area contributed by atoms with Gasteiger partial charge in [0.05, 0.1) is 18.5 Å². The van der Waals surface area contributed by atoms with Crippen LogP contribution >= 0.6 is 11.8 Å². The third kappa shape index (κ3) is 4.35. The van der Waals surface area contributed by atoms with Crippen LogP contribution in [0.4, 0.5) is 0 Å². The van der Waals surface area contributed by atoms with Crippen molar-refractivity contribution in [1.29, 1.82) is 0 Å². The molecule has 2 aliphatic heterocycles. The molecule has 0 bridgehead atoms. The van der Waals surface area contributed by atoms with Crippen molar-refractivity contribution in [3.05, 3.63) is 29.8 Å². The molecule has 3 rings (SSSR count). The molecule has 2 amide bonds. The standard InChI is InChI=1S/C16H18N4O3S/c21-14-11-24-16(18-14)19-17-10-12-4-1-2-5-13(12)23-9-8-20-7-3-6-15(20)22/h1-2,4-5,10H,3,6-9,11H2,(H,18,19,21). The van der Waals surface area contributed by atoms with Gasteiger partial charge >= 0.3 is 0 Å². The van der Waals surface area contributed by atoms with Crippen molar-refractivity contribution in [1.82, 2.24) is 10.2 Å². The smallest absolute Gasteiger partial charge is 0.236 e. The first-order valence-electron chi connectivity index (χ1n) is 7.75. The Labute approximate surface area is 144 Å². The van der Waals surface area contributed by atoms with E-state index in [4.69, 9.17) is 4.74 Å². The van der Waals surface area contributed by atoms with Gasteiger partial charge in [0.25, 0.3) is 0 Å². The van der Waals surface area contributed by atoms with Crippen LogP contribution < -0.4 is 10.1 Å². The molecular formula is C16H18N4O3S. The van der Waals surface area contributed by atoms with Crippen LogP contribution in [0.15, 0.2) is 34.5 Å². The lowest BCUT2D eigenvalue weighted by Crippen LogP contribution is -2.29. The van der Waals surface area contributed by atoms with E-state index in [0.29, 0.717) is 36.2 Å². The van der Waals surface area contributed by atoms with E-state index in [0.717, 1.165) is 18.5 Å². The summed E-state index contributed by atoms with van der Waals surface area (Å²) in [4.78, 5) is 24.5. The molecule has 2 aliphatic rings. The molecule has 0 radical (unpaired) electrons. The van der Waals surface area contributed by atoms with Crippen molar-refractivity contribution in [3.63, 3.8) is 0 Å². The maximum Gasteiger partial charge on any atom is 0.236 e. The van der Waals surface area contributed by atoms with Crippen molar-refractivity contribution in [2.75, 3.05) is 25.4 Å². The fourth-order valence-electron chi connectivity index (χ4n) is 2.45. The van der Waals surface area contributed by atoms with Crippen molar-refractivity contribution in [2.45, 2.75) is 12.8 Å². The van der Waals surface area contributed by atoms with Gasteiger partial charge in [0.2, 0.25) is 11.8 Å². The number of amides is 2. The van der Waals surface area contributed by atoms with Crippen molar-refractivity contribution in [3.8, 4) is 5.75 Å².